The van der Waals surface area contributed by atoms with Gasteiger partial charge in [0.1, 0.15) is 11.9 Å². The predicted octanol–water partition coefficient (Wildman–Crippen LogP) is 2.51. The van der Waals surface area contributed by atoms with Crippen LogP contribution in [0.5, 0.6) is 0 Å². The van der Waals surface area contributed by atoms with Crippen LogP contribution in [-0.4, -0.2) is 37.1 Å². The fourth-order valence-corrected chi connectivity index (χ4v) is 2.11. The lowest BCUT2D eigenvalue weighted by Gasteiger charge is -2.22. The van der Waals surface area contributed by atoms with Crippen LogP contribution in [0.4, 0.5) is 4.39 Å². The van der Waals surface area contributed by atoms with E-state index in [0.717, 1.165) is 0 Å². The largest absolute Gasteiger partial charge is 0.379 e. The minimum atomic E-state index is -0.719. The SMILES string of the molecule is CC(C)OCCCNC(=O)C(NC(=O)c1ccccc1F)C(C)C. The van der Waals surface area contributed by atoms with Crippen molar-refractivity contribution in [3.63, 3.8) is 0 Å². The Morgan fingerprint density at radius 3 is 2.42 bits per heavy atom. The molecule has 0 saturated carbocycles. The van der Waals surface area contributed by atoms with Crippen molar-refractivity contribution in [1.82, 2.24) is 10.6 Å². The maximum Gasteiger partial charge on any atom is 0.254 e. The van der Waals surface area contributed by atoms with Crippen LogP contribution in [0.25, 0.3) is 0 Å². The van der Waals surface area contributed by atoms with Gasteiger partial charge in [0.15, 0.2) is 0 Å². The van der Waals surface area contributed by atoms with E-state index >= 15 is 0 Å². The summed E-state index contributed by atoms with van der Waals surface area (Å²) < 4.78 is 19.1. The number of hydrogen-bond acceptors (Lipinski definition) is 3. The second-order valence-electron chi connectivity index (χ2n) is 6.24. The zero-order valence-electron chi connectivity index (χ0n) is 14.8. The molecule has 134 valence electrons. The molecular formula is C18H27FN2O3. The first-order chi connectivity index (χ1) is 11.3. The van der Waals surface area contributed by atoms with E-state index in [1.165, 1.54) is 18.2 Å². The van der Waals surface area contributed by atoms with Crippen LogP contribution in [0, 0.1) is 11.7 Å². The molecule has 0 fully saturated rings. The molecule has 0 aromatic heterocycles. The average Bonchev–Trinajstić information content (AvgIpc) is 2.51. The van der Waals surface area contributed by atoms with Gasteiger partial charge in [0.2, 0.25) is 5.91 Å². The Bertz CT molecular complexity index is 547. The lowest BCUT2D eigenvalue weighted by molar-refractivity contribution is -0.124. The molecule has 0 aliphatic carbocycles. The van der Waals surface area contributed by atoms with Crippen LogP contribution in [-0.2, 0) is 9.53 Å². The number of carbonyl (C=O) groups is 2. The molecule has 24 heavy (non-hydrogen) atoms. The van der Waals surface area contributed by atoms with Gasteiger partial charge in [-0.3, -0.25) is 9.59 Å². The van der Waals surface area contributed by atoms with E-state index in [2.05, 4.69) is 10.6 Å². The fraction of sp³-hybridized carbons (Fsp3) is 0.556. The lowest BCUT2D eigenvalue weighted by atomic mass is 10.0. The van der Waals surface area contributed by atoms with E-state index in [1.54, 1.807) is 6.07 Å². The highest BCUT2D eigenvalue weighted by Gasteiger charge is 2.25. The lowest BCUT2D eigenvalue weighted by Crippen LogP contribution is -2.50. The van der Waals surface area contributed by atoms with Crippen molar-refractivity contribution in [3.8, 4) is 0 Å². The van der Waals surface area contributed by atoms with Crippen LogP contribution in [0.3, 0.4) is 0 Å². The molecule has 0 aliphatic heterocycles. The zero-order valence-corrected chi connectivity index (χ0v) is 14.8. The third-order valence-electron chi connectivity index (χ3n) is 3.43. The van der Waals surface area contributed by atoms with Gasteiger partial charge < -0.3 is 15.4 Å². The molecule has 1 aromatic carbocycles. The van der Waals surface area contributed by atoms with Crippen LogP contribution in [0.2, 0.25) is 0 Å². The molecule has 0 aliphatic rings. The van der Waals surface area contributed by atoms with Crippen LogP contribution < -0.4 is 10.6 Å². The number of nitrogens with one attached hydrogen (secondary N) is 2. The fourth-order valence-electron chi connectivity index (χ4n) is 2.11. The van der Waals surface area contributed by atoms with E-state index in [0.29, 0.717) is 19.6 Å². The Balaban J connectivity index is 2.55. The number of carbonyl (C=O) groups excluding carboxylic acids is 2. The molecule has 1 aromatic rings. The highest BCUT2D eigenvalue weighted by Crippen LogP contribution is 2.09. The number of rotatable bonds is 9. The molecular weight excluding hydrogens is 311 g/mol. The highest BCUT2D eigenvalue weighted by atomic mass is 19.1. The summed E-state index contributed by atoms with van der Waals surface area (Å²) in [4.78, 5) is 24.5. The summed E-state index contributed by atoms with van der Waals surface area (Å²) in [5, 5.41) is 5.39. The van der Waals surface area contributed by atoms with Gasteiger partial charge in [0.05, 0.1) is 11.7 Å². The Labute approximate surface area is 143 Å². The summed E-state index contributed by atoms with van der Waals surface area (Å²) in [6, 6.07) is 4.98. The molecule has 0 spiro atoms. The maximum absolute atomic E-state index is 13.7. The Morgan fingerprint density at radius 2 is 1.83 bits per heavy atom. The molecule has 1 rings (SSSR count). The summed E-state index contributed by atoms with van der Waals surface area (Å²) in [5.74, 6) is -1.60. The van der Waals surface area contributed by atoms with E-state index < -0.39 is 17.8 Å². The van der Waals surface area contributed by atoms with Crippen LogP contribution in [0.15, 0.2) is 24.3 Å². The van der Waals surface area contributed by atoms with Gasteiger partial charge in [-0.1, -0.05) is 26.0 Å². The number of benzene rings is 1. The van der Waals surface area contributed by atoms with Crippen molar-refractivity contribution in [3.05, 3.63) is 35.6 Å². The van der Waals surface area contributed by atoms with Gasteiger partial charge in [-0.2, -0.15) is 0 Å². The van der Waals surface area contributed by atoms with Crippen molar-refractivity contribution in [1.29, 1.82) is 0 Å². The van der Waals surface area contributed by atoms with Gasteiger partial charge in [0, 0.05) is 13.2 Å². The van der Waals surface area contributed by atoms with Crippen molar-refractivity contribution in [2.75, 3.05) is 13.2 Å². The zero-order chi connectivity index (χ0) is 18.1. The van der Waals surface area contributed by atoms with Crippen molar-refractivity contribution < 1.29 is 18.7 Å². The topological polar surface area (TPSA) is 67.4 Å². The van der Waals surface area contributed by atoms with Crippen molar-refractivity contribution >= 4 is 11.8 Å². The number of amides is 2. The normalized spacial score (nSPS) is 12.3. The van der Waals surface area contributed by atoms with E-state index in [-0.39, 0.29) is 23.5 Å². The number of ether oxygens (including phenoxy) is 1. The van der Waals surface area contributed by atoms with Gasteiger partial charge in [-0.15, -0.1) is 0 Å². The summed E-state index contributed by atoms with van der Waals surface area (Å²) >= 11 is 0. The monoisotopic (exact) mass is 338 g/mol. The quantitative estimate of drug-likeness (QED) is 0.680. The summed E-state index contributed by atoms with van der Waals surface area (Å²) in [6.07, 6.45) is 0.847. The number of hydrogen-bond donors (Lipinski definition) is 2. The van der Waals surface area contributed by atoms with E-state index in [1.807, 2.05) is 27.7 Å². The van der Waals surface area contributed by atoms with Gasteiger partial charge in [0.25, 0.3) is 5.91 Å². The summed E-state index contributed by atoms with van der Waals surface area (Å²) in [7, 11) is 0. The average molecular weight is 338 g/mol. The third kappa shape index (κ3) is 6.66. The first kappa shape index (κ1) is 20.1. The van der Waals surface area contributed by atoms with E-state index in [9.17, 15) is 14.0 Å². The summed E-state index contributed by atoms with van der Waals surface area (Å²) in [5.41, 5.74) is -0.0683. The second kappa shape index (κ2) is 10.0. The number of halogens is 1. The van der Waals surface area contributed by atoms with Gasteiger partial charge >= 0.3 is 0 Å². The van der Waals surface area contributed by atoms with Crippen LogP contribution >= 0.6 is 0 Å². The Hall–Kier alpha value is -1.95. The van der Waals surface area contributed by atoms with Gasteiger partial charge in [-0.05, 0) is 38.3 Å². The van der Waals surface area contributed by atoms with E-state index in [4.69, 9.17) is 4.74 Å². The van der Waals surface area contributed by atoms with Crippen molar-refractivity contribution in [2.45, 2.75) is 46.3 Å². The minimum Gasteiger partial charge on any atom is -0.379 e. The molecule has 2 N–H and O–H groups in total. The Morgan fingerprint density at radius 1 is 1.17 bits per heavy atom. The first-order valence-electron chi connectivity index (χ1n) is 8.27. The second-order valence-corrected chi connectivity index (χ2v) is 6.24. The standard InChI is InChI=1S/C18H27FN2O3/c1-12(2)16(18(23)20-10-7-11-24-13(3)4)21-17(22)14-8-5-6-9-15(14)19/h5-6,8-9,12-13,16H,7,10-11H2,1-4H3,(H,20,23)(H,21,22). The molecule has 0 saturated heterocycles. The molecule has 1 unspecified atom stereocenters. The predicted molar refractivity (Wildman–Crippen MR) is 91.2 cm³/mol. The highest BCUT2D eigenvalue weighted by molar-refractivity contribution is 5.97. The van der Waals surface area contributed by atoms with Gasteiger partial charge in [-0.25, -0.2) is 4.39 Å². The third-order valence-corrected chi connectivity index (χ3v) is 3.43. The molecule has 6 heteroatoms. The molecule has 5 nitrogen and oxygen atoms in total. The molecule has 0 radical (unpaired) electrons. The molecule has 2 amide bonds. The maximum atomic E-state index is 13.7. The minimum absolute atomic E-state index is 0.0683. The Kier molecular flexibility index (Phi) is 8.40. The van der Waals surface area contributed by atoms with Crippen LogP contribution in [0.1, 0.15) is 44.5 Å². The first-order valence-corrected chi connectivity index (χ1v) is 8.27. The molecule has 1 atom stereocenters. The smallest absolute Gasteiger partial charge is 0.254 e. The summed E-state index contributed by atoms with van der Waals surface area (Å²) in [6.45, 7) is 8.58. The molecule has 0 heterocycles. The molecule has 0 bridgehead atoms. The van der Waals surface area contributed by atoms with Crippen molar-refractivity contribution in [2.24, 2.45) is 5.92 Å².